The Morgan fingerprint density at radius 3 is 2.62 bits per heavy atom. The molecule has 6 nitrogen and oxygen atoms in total. The Bertz CT molecular complexity index is 1080. The minimum absolute atomic E-state index is 0.276. The molecule has 2 heterocycles. The molecule has 1 aromatic carbocycles. The molecular weight excluding hydrogens is 390 g/mol. The number of hydrogen-bond acceptors (Lipinski definition) is 4. The van der Waals surface area contributed by atoms with Gasteiger partial charge in [0.15, 0.2) is 5.75 Å². The molecule has 29 heavy (non-hydrogen) atoms. The molecule has 2 aromatic rings. The SMILES string of the molecule is CCN1C(=C=Cc2c(C(C)(C)C)[nH]n(C(=O)C(C)C)c2=O)Oc2ccc(Cl)cc21. The molecule has 1 N–H and O–H groups in total. The number of nitrogens with one attached hydrogen (secondary N) is 1. The Hall–Kier alpha value is -2.69. The monoisotopic (exact) mass is 415 g/mol. The fourth-order valence-electron chi connectivity index (χ4n) is 3.18. The third-order valence-corrected chi connectivity index (χ3v) is 4.95. The van der Waals surface area contributed by atoms with Crippen molar-refractivity contribution in [2.24, 2.45) is 5.92 Å². The van der Waals surface area contributed by atoms with Gasteiger partial charge in [0.2, 0.25) is 5.88 Å². The van der Waals surface area contributed by atoms with E-state index in [2.05, 4.69) is 10.8 Å². The number of benzene rings is 1. The lowest BCUT2D eigenvalue weighted by Gasteiger charge is -2.17. The summed E-state index contributed by atoms with van der Waals surface area (Å²) < 4.78 is 6.99. The Morgan fingerprint density at radius 2 is 2.03 bits per heavy atom. The van der Waals surface area contributed by atoms with Gasteiger partial charge in [0.25, 0.3) is 11.5 Å². The number of H-pyrrole nitrogens is 1. The Kier molecular flexibility index (Phi) is 5.52. The zero-order valence-corrected chi connectivity index (χ0v) is 18.3. The molecule has 1 aromatic heterocycles. The summed E-state index contributed by atoms with van der Waals surface area (Å²) in [5.41, 5.74) is 4.28. The second-order valence-corrected chi connectivity index (χ2v) is 8.77. The third kappa shape index (κ3) is 3.91. The van der Waals surface area contributed by atoms with Gasteiger partial charge in [-0.05, 0) is 25.1 Å². The predicted octanol–water partition coefficient (Wildman–Crippen LogP) is 4.80. The van der Waals surface area contributed by atoms with E-state index >= 15 is 0 Å². The smallest absolute Gasteiger partial charge is 0.281 e. The van der Waals surface area contributed by atoms with Gasteiger partial charge in [-0.3, -0.25) is 14.7 Å². The highest BCUT2D eigenvalue weighted by Gasteiger charge is 2.28. The van der Waals surface area contributed by atoms with Crippen LogP contribution < -0.4 is 15.2 Å². The van der Waals surface area contributed by atoms with E-state index in [1.807, 2.05) is 38.7 Å². The Labute approximate surface area is 175 Å². The maximum absolute atomic E-state index is 13.0. The van der Waals surface area contributed by atoms with Crippen LogP contribution in [0, 0.1) is 5.92 Å². The Balaban J connectivity index is 2.13. The molecule has 1 aliphatic heterocycles. The number of halogens is 1. The lowest BCUT2D eigenvalue weighted by molar-refractivity contribution is 0.0833. The minimum Gasteiger partial charge on any atom is -0.432 e. The number of ether oxygens (including phenoxy) is 1. The number of anilines is 1. The van der Waals surface area contributed by atoms with Crippen LogP contribution in [0.15, 0.2) is 34.6 Å². The van der Waals surface area contributed by atoms with E-state index in [4.69, 9.17) is 16.3 Å². The quantitative estimate of drug-likeness (QED) is 0.731. The molecule has 0 saturated carbocycles. The first-order valence-electron chi connectivity index (χ1n) is 9.66. The molecule has 0 unspecified atom stereocenters. The van der Waals surface area contributed by atoms with Gasteiger partial charge >= 0.3 is 0 Å². The van der Waals surface area contributed by atoms with Crippen molar-refractivity contribution in [2.75, 3.05) is 11.4 Å². The molecule has 0 amide bonds. The first-order chi connectivity index (χ1) is 13.5. The number of aromatic nitrogens is 2. The molecular formula is C22H26ClN3O3. The highest BCUT2D eigenvalue weighted by atomic mass is 35.5. The van der Waals surface area contributed by atoms with Crippen LogP contribution in [0.1, 0.15) is 57.6 Å². The predicted molar refractivity (Wildman–Crippen MR) is 116 cm³/mol. The standard InChI is InChI=1S/C22H26ClN3O3/c1-7-25-16-12-14(23)8-10-17(16)29-18(25)11-9-15-19(22(4,5)6)24-26(21(15)28)20(27)13(2)3/h8-10,12-13,24H,7H2,1-6H3. The minimum atomic E-state index is -0.386. The summed E-state index contributed by atoms with van der Waals surface area (Å²) in [6.07, 6.45) is 1.59. The maximum Gasteiger partial charge on any atom is 0.281 e. The van der Waals surface area contributed by atoms with Crippen LogP contribution in [0.3, 0.4) is 0 Å². The van der Waals surface area contributed by atoms with E-state index in [0.29, 0.717) is 34.5 Å². The van der Waals surface area contributed by atoms with Crippen molar-refractivity contribution in [3.05, 3.63) is 56.4 Å². The van der Waals surface area contributed by atoms with Crippen molar-refractivity contribution in [3.8, 4) is 5.75 Å². The van der Waals surface area contributed by atoms with Gasteiger partial charge in [-0.25, -0.2) is 0 Å². The summed E-state index contributed by atoms with van der Waals surface area (Å²) in [5, 5.41) is 3.62. The van der Waals surface area contributed by atoms with Gasteiger partial charge < -0.3 is 9.64 Å². The normalized spacial score (nSPS) is 13.4. The molecule has 154 valence electrons. The number of hydrogen-bond donors (Lipinski definition) is 1. The van der Waals surface area contributed by atoms with Crippen LogP contribution in [0.25, 0.3) is 6.08 Å². The summed E-state index contributed by atoms with van der Waals surface area (Å²) in [4.78, 5) is 27.3. The summed E-state index contributed by atoms with van der Waals surface area (Å²) in [5.74, 6) is 0.584. The summed E-state index contributed by atoms with van der Waals surface area (Å²) in [7, 11) is 0. The number of nitrogens with zero attached hydrogens (tertiary/aromatic N) is 2. The summed E-state index contributed by atoms with van der Waals surface area (Å²) in [6, 6.07) is 5.40. The largest absolute Gasteiger partial charge is 0.432 e. The van der Waals surface area contributed by atoms with Crippen LogP contribution in [0.2, 0.25) is 5.02 Å². The van der Waals surface area contributed by atoms with E-state index in [1.54, 1.807) is 32.1 Å². The molecule has 0 spiro atoms. The molecule has 0 atom stereocenters. The lowest BCUT2D eigenvalue weighted by Crippen LogP contribution is -2.28. The molecule has 3 rings (SSSR count). The second kappa shape index (κ2) is 7.62. The first-order valence-corrected chi connectivity index (χ1v) is 10.0. The number of rotatable bonds is 3. The molecule has 1 aliphatic rings. The average molecular weight is 416 g/mol. The van der Waals surface area contributed by atoms with Gasteiger partial charge in [-0.2, -0.15) is 4.68 Å². The summed E-state index contributed by atoms with van der Waals surface area (Å²) in [6.45, 7) is 12.1. The highest BCUT2D eigenvalue weighted by molar-refractivity contribution is 6.31. The average Bonchev–Trinajstić information content (AvgIpc) is 3.15. The zero-order chi connectivity index (χ0) is 21.5. The fraction of sp³-hybridized carbons (Fsp3) is 0.409. The number of carbonyl (C=O) groups is 1. The van der Waals surface area contributed by atoms with E-state index in [9.17, 15) is 9.59 Å². The van der Waals surface area contributed by atoms with Crippen LogP contribution >= 0.6 is 11.6 Å². The summed E-state index contributed by atoms with van der Waals surface area (Å²) >= 11 is 6.12. The van der Waals surface area contributed by atoms with Gasteiger partial charge in [-0.1, -0.05) is 52.0 Å². The third-order valence-electron chi connectivity index (χ3n) is 4.71. The van der Waals surface area contributed by atoms with Crippen molar-refractivity contribution < 1.29 is 9.53 Å². The van der Waals surface area contributed by atoms with Crippen LogP contribution in [0.4, 0.5) is 5.69 Å². The van der Waals surface area contributed by atoms with Crippen molar-refractivity contribution in [1.82, 2.24) is 9.78 Å². The van der Waals surface area contributed by atoms with Crippen molar-refractivity contribution >= 4 is 29.3 Å². The van der Waals surface area contributed by atoms with Crippen molar-refractivity contribution in [2.45, 2.75) is 47.0 Å². The lowest BCUT2D eigenvalue weighted by atomic mass is 9.89. The fourth-order valence-corrected chi connectivity index (χ4v) is 3.35. The number of aromatic amines is 1. The van der Waals surface area contributed by atoms with E-state index in [1.165, 1.54) is 0 Å². The number of carbonyl (C=O) groups excluding carboxylic acids is 1. The van der Waals surface area contributed by atoms with Crippen molar-refractivity contribution in [3.63, 3.8) is 0 Å². The molecule has 0 fully saturated rings. The van der Waals surface area contributed by atoms with Gasteiger partial charge in [0.05, 0.1) is 16.9 Å². The van der Waals surface area contributed by atoms with E-state index in [-0.39, 0.29) is 22.8 Å². The van der Waals surface area contributed by atoms with Gasteiger partial charge in [-0.15, -0.1) is 0 Å². The van der Waals surface area contributed by atoms with Crippen LogP contribution in [-0.2, 0) is 5.41 Å². The van der Waals surface area contributed by atoms with E-state index in [0.717, 1.165) is 10.4 Å². The number of fused-ring (bicyclic) bond motifs is 1. The Morgan fingerprint density at radius 1 is 1.34 bits per heavy atom. The highest BCUT2D eigenvalue weighted by Crippen LogP contribution is 2.40. The molecule has 0 aliphatic carbocycles. The van der Waals surface area contributed by atoms with Crippen molar-refractivity contribution in [1.29, 1.82) is 0 Å². The molecule has 0 saturated heterocycles. The topological polar surface area (TPSA) is 67.3 Å². The van der Waals surface area contributed by atoms with Gasteiger partial charge in [0, 0.05) is 29.0 Å². The van der Waals surface area contributed by atoms with Gasteiger partial charge in [0.1, 0.15) is 0 Å². The second-order valence-electron chi connectivity index (χ2n) is 8.34. The maximum atomic E-state index is 13.0. The zero-order valence-electron chi connectivity index (χ0n) is 17.6. The molecule has 7 heteroatoms. The van der Waals surface area contributed by atoms with Crippen LogP contribution in [-0.4, -0.2) is 22.2 Å². The van der Waals surface area contributed by atoms with Crippen LogP contribution in [0.5, 0.6) is 5.75 Å². The molecule has 0 bridgehead atoms. The first kappa shape index (κ1) is 21.0. The molecule has 0 radical (unpaired) electrons. The van der Waals surface area contributed by atoms with E-state index < -0.39 is 0 Å².